The van der Waals surface area contributed by atoms with Crippen LogP contribution in [0.2, 0.25) is 0 Å². The largest absolute Gasteiger partial charge is 0.379 e. The van der Waals surface area contributed by atoms with Gasteiger partial charge >= 0.3 is 0 Å². The molecule has 0 aliphatic rings. The molecule has 8 nitrogen and oxygen atoms in total. The van der Waals surface area contributed by atoms with Crippen molar-refractivity contribution in [1.29, 1.82) is 0 Å². The fraction of sp³-hybridized carbons (Fsp3) is 0.333. The van der Waals surface area contributed by atoms with Gasteiger partial charge in [-0.2, -0.15) is 10.2 Å². The van der Waals surface area contributed by atoms with Crippen molar-refractivity contribution in [1.82, 2.24) is 0 Å². The Morgan fingerprint density at radius 1 is 0.625 bits per heavy atom. The summed E-state index contributed by atoms with van der Waals surface area (Å²) in [5, 5.41) is 15.8. The molecule has 2 rings (SSSR count). The minimum Gasteiger partial charge on any atom is -0.379 e. The zero-order valence-corrected chi connectivity index (χ0v) is 19.4. The summed E-state index contributed by atoms with van der Waals surface area (Å²) in [5.74, 6) is 0.0186. The Kier molecular flexibility index (Phi) is 9.90. The van der Waals surface area contributed by atoms with Crippen LogP contribution in [0, 0.1) is 0 Å². The normalized spacial score (nSPS) is 12.6. The fourth-order valence-corrected chi connectivity index (χ4v) is 3.14. The smallest absolute Gasteiger partial charge is 0.190 e. The third kappa shape index (κ3) is 7.23. The van der Waals surface area contributed by atoms with Crippen LogP contribution in [0.3, 0.4) is 0 Å². The zero-order chi connectivity index (χ0) is 23.3. The van der Waals surface area contributed by atoms with Gasteiger partial charge in [-0.3, -0.25) is 0 Å². The lowest BCUT2D eigenvalue weighted by Gasteiger charge is -2.20. The molecule has 170 valence electrons. The maximum absolute atomic E-state index is 5.84. The van der Waals surface area contributed by atoms with E-state index < -0.39 is 0 Å². The molecule has 0 radical (unpaired) electrons. The molecule has 0 fully saturated rings. The van der Waals surface area contributed by atoms with Crippen LogP contribution in [0.5, 0.6) is 0 Å². The second kappa shape index (κ2) is 12.9. The van der Waals surface area contributed by atoms with Gasteiger partial charge in [-0.15, -0.1) is 10.2 Å². The summed E-state index contributed by atoms with van der Waals surface area (Å²) < 4.78 is 0. The number of nitrogens with zero attached hydrogens (tertiary/aromatic N) is 6. The molecule has 0 aliphatic carbocycles. The lowest BCUT2D eigenvalue weighted by Crippen LogP contribution is -2.30. The summed E-state index contributed by atoms with van der Waals surface area (Å²) in [6.07, 6.45) is 3.24. The van der Waals surface area contributed by atoms with Crippen LogP contribution < -0.4 is 21.3 Å². The maximum atomic E-state index is 5.84. The highest BCUT2D eigenvalue weighted by molar-refractivity contribution is 6.39. The first-order chi connectivity index (χ1) is 15.5. The van der Waals surface area contributed by atoms with E-state index in [4.69, 9.17) is 11.5 Å². The average Bonchev–Trinajstić information content (AvgIpc) is 2.82. The number of hydrogen-bond donors (Lipinski definition) is 2. The van der Waals surface area contributed by atoms with Crippen molar-refractivity contribution in [2.24, 2.45) is 31.9 Å². The topological polar surface area (TPSA) is 108 Å². The van der Waals surface area contributed by atoms with E-state index in [-0.39, 0.29) is 11.7 Å². The molecule has 0 spiro atoms. The van der Waals surface area contributed by atoms with Crippen LogP contribution >= 0.6 is 0 Å². The average molecular weight is 435 g/mol. The van der Waals surface area contributed by atoms with E-state index in [1.807, 2.05) is 24.3 Å². The van der Waals surface area contributed by atoms with Gasteiger partial charge in [0.25, 0.3) is 0 Å². The van der Waals surface area contributed by atoms with Crippen LogP contribution in [0.15, 0.2) is 68.9 Å². The Bertz CT molecular complexity index is 855. The van der Waals surface area contributed by atoms with Crippen molar-refractivity contribution in [2.75, 3.05) is 36.0 Å². The Morgan fingerprint density at radius 3 is 1.22 bits per heavy atom. The molecule has 2 aromatic carbocycles. The summed E-state index contributed by atoms with van der Waals surface area (Å²) in [6.45, 7) is 12.4. The second-order valence-electron chi connectivity index (χ2n) is 6.99. The van der Waals surface area contributed by atoms with Crippen LogP contribution in [0.1, 0.15) is 38.8 Å². The van der Waals surface area contributed by atoms with Crippen molar-refractivity contribution >= 4 is 35.5 Å². The standard InChI is InChI=1S/C24H34N8/c1-5-31(6-2)21-13-9-19(10-14-21)17-27-29-23(25)24(26)30-28-18-20-11-15-22(16-12-20)32(7-3)8-4/h9-18H,5-8H2,1-4H3,(H2,25,29)(H2,26,30)/b27-17-,28-18+. The number of benzene rings is 2. The molecule has 0 aliphatic heterocycles. The van der Waals surface area contributed by atoms with Gasteiger partial charge in [-0.1, -0.05) is 24.3 Å². The van der Waals surface area contributed by atoms with Gasteiger partial charge in [0.15, 0.2) is 11.7 Å². The highest BCUT2D eigenvalue weighted by Gasteiger charge is 2.02. The van der Waals surface area contributed by atoms with Gasteiger partial charge in [0, 0.05) is 37.6 Å². The Labute approximate surface area is 191 Å². The van der Waals surface area contributed by atoms with Crippen molar-refractivity contribution in [3.8, 4) is 0 Å². The van der Waals surface area contributed by atoms with Crippen LogP contribution in [0.25, 0.3) is 0 Å². The van der Waals surface area contributed by atoms with Crippen molar-refractivity contribution in [3.63, 3.8) is 0 Å². The lowest BCUT2D eigenvalue weighted by atomic mass is 10.2. The van der Waals surface area contributed by atoms with E-state index in [2.05, 4.69) is 82.2 Å². The SMILES string of the molecule is CCN(CC)c1ccc(\C=N/N=C(N)/C(N)=N/N=C/c2ccc(N(CC)CC)cc2)cc1. The molecule has 0 saturated heterocycles. The summed E-state index contributed by atoms with van der Waals surface area (Å²) in [5.41, 5.74) is 15.9. The number of amidine groups is 2. The molecular weight excluding hydrogens is 400 g/mol. The number of anilines is 2. The van der Waals surface area contributed by atoms with E-state index in [0.29, 0.717) is 0 Å². The molecule has 0 heterocycles. The van der Waals surface area contributed by atoms with Gasteiger partial charge in [-0.25, -0.2) is 0 Å². The minimum absolute atomic E-state index is 0.00930. The molecule has 4 N–H and O–H groups in total. The van der Waals surface area contributed by atoms with Gasteiger partial charge in [0.05, 0.1) is 12.4 Å². The van der Waals surface area contributed by atoms with E-state index in [1.54, 1.807) is 12.4 Å². The fourth-order valence-electron chi connectivity index (χ4n) is 3.14. The number of hydrogen-bond acceptors (Lipinski definition) is 6. The molecule has 0 bridgehead atoms. The van der Waals surface area contributed by atoms with Gasteiger partial charge in [0.2, 0.25) is 0 Å². The summed E-state index contributed by atoms with van der Waals surface area (Å²) in [4.78, 5) is 4.54. The summed E-state index contributed by atoms with van der Waals surface area (Å²) in [6, 6.07) is 16.2. The molecule has 0 atom stereocenters. The molecule has 32 heavy (non-hydrogen) atoms. The van der Waals surface area contributed by atoms with Crippen LogP contribution in [0.4, 0.5) is 11.4 Å². The van der Waals surface area contributed by atoms with E-state index in [0.717, 1.165) is 37.3 Å². The Morgan fingerprint density at radius 2 is 0.938 bits per heavy atom. The minimum atomic E-state index is 0.00930. The van der Waals surface area contributed by atoms with E-state index in [9.17, 15) is 0 Å². The third-order valence-corrected chi connectivity index (χ3v) is 5.05. The predicted octanol–water partition coefficient (Wildman–Crippen LogP) is 3.46. The highest BCUT2D eigenvalue weighted by atomic mass is 15.3. The van der Waals surface area contributed by atoms with E-state index >= 15 is 0 Å². The van der Waals surface area contributed by atoms with E-state index in [1.165, 1.54) is 11.4 Å². The first-order valence-corrected chi connectivity index (χ1v) is 11.0. The third-order valence-electron chi connectivity index (χ3n) is 5.05. The van der Waals surface area contributed by atoms with Gasteiger partial charge in [0.1, 0.15) is 0 Å². The molecular formula is C24H34N8. The molecule has 0 unspecified atom stereocenters. The van der Waals surface area contributed by atoms with Gasteiger partial charge < -0.3 is 21.3 Å². The Balaban J connectivity index is 1.96. The van der Waals surface area contributed by atoms with Crippen molar-refractivity contribution in [2.45, 2.75) is 27.7 Å². The first-order valence-electron chi connectivity index (χ1n) is 11.0. The lowest BCUT2D eigenvalue weighted by molar-refractivity contribution is 0.866. The van der Waals surface area contributed by atoms with Gasteiger partial charge in [-0.05, 0) is 63.1 Å². The quantitative estimate of drug-likeness (QED) is 0.339. The number of rotatable bonds is 10. The van der Waals surface area contributed by atoms with Crippen LogP contribution in [-0.4, -0.2) is 50.3 Å². The highest BCUT2D eigenvalue weighted by Crippen LogP contribution is 2.15. The Hall–Kier alpha value is -3.68. The first kappa shape index (κ1) is 24.6. The molecule has 0 amide bonds. The summed E-state index contributed by atoms with van der Waals surface area (Å²) >= 11 is 0. The predicted molar refractivity (Wildman–Crippen MR) is 138 cm³/mol. The maximum Gasteiger partial charge on any atom is 0.190 e. The zero-order valence-electron chi connectivity index (χ0n) is 19.4. The molecule has 0 aromatic heterocycles. The monoisotopic (exact) mass is 434 g/mol. The molecule has 0 saturated carbocycles. The van der Waals surface area contributed by atoms with Crippen molar-refractivity contribution < 1.29 is 0 Å². The molecule has 2 aromatic rings. The summed E-state index contributed by atoms with van der Waals surface area (Å²) in [7, 11) is 0. The molecule has 8 heteroatoms. The second-order valence-corrected chi connectivity index (χ2v) is 6.99. The van der Waals surface area contributed by atoms with Crippen LogP contribution in [-0.2, 0) is 0 Å². The van der Waals surface area contributed by atoms with Crippen molar-refractivity contribution in [3.05, 3.63) is 59.7 Å². The number of nitrogens with two attached hydrogens (primary N) is 2.